The number of hydrogen-bond acceptors (Lipinski definition) is 2. The molecular weight excluding hydrogens is 515 g/mol. The van der Waals surface area contributed by atoms with Crippen LogP contribution in [0.3, 0.4) is 0 Å². The van der Waals surface area contributed by atoms with E-state index in [1.807, 2.05) is 11.3 Å². The minimum atomic E-state index is -0.00427. The van der Waals surface area contributed by atoms with E-state index in [4.69, 9.17) is 0 Å². The first kappa shape index (κ1) is 24.2. The third-order valence-electron chi connectivity index (χ3n) is 8.68. The molecule has 0 unspecified atom stereocenters. The summed E-state index contributed by atoms with van der Waals surface area (Å²) in [6.45, 7) is 4.72. The zero-order valence-corrected chi connectivity index (χ0v) is 24.0. The first-order valence-corrected chi connectivity index (χ1v) is 15.0. The van der Waals surface area contributed by atoms with E-state index in [0.717, 1.165) is 11.4 Å². The molecule has 0 saturated carbocycles. The maximum Gasteiger partial charge on any atom is 0.0640 e. The SMILES string of the molecule is CC1(C)c2ccccc2-c2c1ccc1c2sc2c(N(c3ccccc3)c3ccc(-c4ccccc4)cc3)cccc21. The summed E-state index contributed by atoms with van der Waals surface area (Å²) in [5.74, 6) is 0. The second kappa shape index (κ2) is 9.19. The van der Waals surface area contributed by atoms with Crippen LogP contribution in [-0.2, 0) is 5.41 Å². The minimum Gasteiger partial charge on any atom is -0.309 e. The van der Waals surface area contributed by atoms with Crippen LogP contribution in [0.2, 0.25) is 0 Å². The van der Waals surface area contributed by atoms with Gasteiger partial charge in [0, 0.05) is 37.8 Å². The van der Waals surface area contributed by atoms with E-state index >= 15 is 0 Å². The van der Waals surface area contributed by atoms with Gasteiger partial charge in [0.15, 0.2) is 0 Å². The summed E-state index contributed by atoms with van der Waals surface area (Å²) in [4.78, 5) is 2.41. The van der Waals surface area contributed by atoms with Crippen molar-refractivity contribution in [3.8, 4) is 22.3 Å². The van der Waals surface area contributed by atoms with Crippen LogP contribution < -0.4 is 4.90 Å². The van der Waals surface area contributed by atoms with Gasteiger partial charge in [-0.05, 0) is 58.1 Å². The van der Waals surface area contributed by atoms with Gasteiger partial charge in [-0.15, -0.1) is 11.3 Å². The predicted octanol–water partition coefficient (Wildman–Crippen LogP) is 11.5. The zero-order valence-electron chi connectivity index (χ0n) is 23.1. The zero-order chi connectivity index (χ0) is 27.6. The molecule has 6 aromatic carbocycles. The summed E-state index contributed by atoms with van der Waals surface area (Å²) in [6, 6.07) is 50.7. The number of nitrogens with zero attached hydrogens (tertiary/aromatic N) is 1. The number of rotatable bonds is 4. The van der Waals surface area contributed by atoms with Crippen LogP contribution in [-0.4, -0.2) is 0 Å². The van der Waals surface area contributed by atoms with Gasteiger partial charge in [0.05, 0.1) is 10.4 Å². The van der Waals surface area contributed by atoms with Crippen LogP contribution in [0.5, 0.6) is 0 Å². The van der Waals surface area contributed by atoms with E-state index in [0.29, 0.717) is 0 Å². The Morgan fingerprint density at radius 1 is 0.488 bits per heavy atom. The fraction of sp³-hybridized carbons (Fsp3) is 0.0769. The maximum absolute atomic E-state index is 2.41. The Labute approximate surface area is 245 Å². The number of thiophene rings is 1. The van der Waals surface area contributed by atoms with Crippen LogP contribution in [0.25, 0.3) is 42.4 Å². The number of anilines is 3. The van der Waals surface area contributed by atoms with E-state index < -0.39 is 0 Å². The molecule has 2 heteroatoms. The predicted molar refractivity (Wildman–Crippen MR) is 177 cm³/mol. The molecule has 1 aliphatic carbocycles. The van der Waals surface area contributed by atoms with E-state index in [-0.39, 0.29) is 5.41 Å². The first-order chi connectivity index (χ1) is 20.1. The molecule has 0 N–H and O–H groups in total. The summed E-state index contributed by atoms with van der Waals surface area (Å²) in [5, 5.41) is 2.65. The topological polar surface area (TPSA) is 3.24 Å². The molecule has 1 heterocycles. The molecule has 1 nitrogen and oxygen atoms in total. The molecule has 0 spiro atoms. The molecule has 0 radical (unpaired) electrons. The van der Waals surface area contributed by atoms with Gasteiger partial charge < -0.3 is 4.90 Å². The summed E-state index contributed by atoms with van der Waals surface area (Å²) >= 11 is 1.93. The van der Waals surface area contributed by atoms with Crippen LogP contribution >= 0.6 is 11.3 Å². The molecular formula is C39H29NS. The van der Waals surface area contributed by atoms with E-state index in [2.05, 4.69) is 158 Å². The van der Waals surface area contributed by atoms with Crippen molar-refractivity contribution < 1.29 is 0 Å². The van der Waals surface area contributed by atoms with Crippen LogP contribution in [0.1, 0.15) is 25.0 Å². The monoisotopic (exact) mass is 543 g/mol. The molecule has 0 amide bonds. The highest BCUT2D eigenvalue weighted by Gasteiger charge is 2.36. The molecule has 0 fully saturated rings. The summed E-state index contributed by atoms with van der Waals surface area (Å²) in [6.07, 6.45) is 0. The Kier molecular flexibility index (Phi) is 5.42. The van der Waals surface area contributed by atoms with Crippen molar-refractivity contribution in [1.82, 2.24) is 0 Å². The lowest BCUT2D eigenvalue weighted by molar-refractivity contribution is 0.661. The highest BCUT2D eigenvalue weighted by atomic mass is 32.1. The normalized spacial score (nSPS) is 13.3. The van der Waals surface area contributed by atoms with Gasteiger partial charge in [-0.1, -0.05) is 123 Å². The lowest BCUT2D eigenvalue weighted by Crippen LogP contribution is -2.14. The van der Waals surface area contributed by atoms with Gasteiger partial charge in [0.1, 0.15) is 0 Å². The van der Waals surface area contributed by atoms with Crippen molar-refractivity contribution in [2.24, 2.45) is 0 Å². The number of para-hydroxylation sites is 1. The maximum atomic E-state index is 2.41. The molecule has 0 bridgehead atoms. The van der Waals surface area contributed by atoms with Gasteiger partial charge in [-0.25, -0.2) is 0 Å². The Morgan fingerprint density at radius 2 is 1.12 bits per heavy atom. The van der Waals surface area contributed by atoms with Crippen molar-refractivity contribution in [3.05, 3.63) is 151 Å². The fourth-order valence-corrected chi connectivity index (χ4v) is 8.01. The number of fused-ring (bicyclic) bond motifs is 7. The smallest absolute Gasteiger partial charge is 0.0640 e. The van der Waals surface area contributed by atoms with E-state index in [1.165, 1.54) is 59.2 Å². The third-order valence-corrected chi connectivity index (χ3v) is 9.94. The summed E-state index contributed by atoms with van der Waals surface area (Å²) in [5.41, 5.74) is 11.6. The van der Waals surface area contributed by atoms with Crippen molar-refractivity contribution in [3.63, 3.8) is 0 Å². The van der Waals surface area contributed by atoms with Crippen molar-refractivity contribution >= 4 is 48.6 Å². The molecule has 0 aliphatic heterocycles. The van der Waals surface area contributed by atoms with Crippen LogP contribution in [0.4, 0.5) is 17.1 Å². The second-order valence-electron chi connectivity index (χ2n) is 11.4. The lowest BCUT2D eigenvalue weighted by Gasteiger charge is -2.26. The van der Waals surface area contributed by atoms with E-state index in [9.17, 15) is 0 Å². The first-order valence-electron chi connectivity index (χ1n) is 14.2. The molecule has 1 aromatic heterocycles. The Balaban J connectivity index is 1.35. The number of benzene rings is 6. The van der Waals surface area contributed by atoms with E-state index in [1.54, 1.807) is 0 Å². The van der Waals surface area contributed by atoms with Gasteiger partial charge in [0.25, 0.3) is 0 Å². The largest absolute Gasteiger partial charge is 0.309 e. The summed E-state index contributed by atoms with van der Waals surface area (Å²) in [7, 11) is 0. The van der Waals surface area contributed by atoms with Gasteiger partial charge in [0.2, 0.25) is 0 Å². The number of hydrogen-bond donors (Lipinski definition) is 0. The molecule has 1 aliphatic rings. The molecule has 196 valence electrons. The highest BCUT2D eigenvalue weighted by Crippen LogP contribution is 2.55. The lowest BCUT2D eigenvalue weighted by atomic mass is 9.82. The molecule has 0 saturated heterocycles. The Bertz CT molecular complexity index is 2050. The standard InChI is InChI=1S/C39H29NS/c1-39(2)33-18-10-9-16-32(33)36-34(39)25-24-31-30-17-11-19-35(37(30)41-38(31)36)40(28-14-7-4-8-15-28)29-22-20-27(21-23-29)26-12-5-3-6-13-26/h3-25H,1-2H3. The van der Waals surface area contributed by atoms with Crippen molar-refractivity contribution in [1.29, 1.82) is 0 Å². The quantitative estimate of drug-likeness (QED) is 0.213. The fourth-order valence-electron chi connectivity index (χ4n) is 6.64. The van der Waals surface area contributed by atoms with Gasteiger partial charge >= 0.3 is 0 Å². The van der Waals surface area contributed by atoms with Crippen LogP contribution in [0.15, 0.2) is 140 Å². The van der Waals surface area contributed by atoms with Gasteiger partial charge in [-0.3, -0.25) is 0 Å². The molecule has 7 aromatic rings. The average molecular weight is 544 g/mol. The minimum absolute atomic E-state index is 0.00427. The third kappa shape index (κ3) is 3.68. The van der Waals surface area contributed by atoms with Crippen molar-refractivity contribution in [2.75, 3.05) is 4.90 Å². The molecule has 0 atom stereocenters. The second-order valence-corrected chi connectivity index (χ2v) is 12.4. The Morgan fingerprint density at radius 3 is 1.90 bits per heavy atom. The Hall–Kier alpha value is -4.66. The molecule has 41 heavy (non-hydrogen) atoms. The molecule has 8 rings (SSSR count). The highest BCUT2D eigenvalue weighted by molar-refractivity contribution is 7.27. The van der Waals surface area contributed by atoms with Crippen LogP contribution in [0, 0.1) is 0 Å². The van der Waals surface area contributed by atoms with Gasteiger partial charge in [-0.2, -0.15) is 0 Å². The van der Waals surface area contributed by atoms with Crippen molar-refractivity contribution in [2.45, 2.75) is 19.3 Å². The summed E-state index contributed by atoms with van der Waals surface area (Å²) < 4.78 is 2.70. The average Bonchev–Trinajstić information content (AvgIpc) is 3.52.